The van der Waals surface area contributed by atoms with Crippen molar-refractivity contribution in [3.8, 4) is 0 Å². The Hall–Kier alpha value is -1.62. The molecule has 1 aromatic carbocycles. The molecule has 0 atom stereocenters. The zero-order chi connectivity index (χ0) is 10.6. The van der Waals surface area contributed by atoms with Crippen LogP contribution in [-0.4, -0.2) is 14.6 Å². The molecule has 15 heavy (non-hydrogen) atoms. The number of hydrogen-bond acceptors (Lipinski definition) is 4. The van der Waals surface area contributed by atoms with Crippen LogP contribution in [0.2, 0.25) is 0 Å². The number of anilines is 1. The van der Waals surface area contributed by atoms with Crippen LogP contribution in [0.25, 0.3) is 15.2 Å². The topological polar surface area (TPSA) is 56.2 Å². The zero-order valence-electron chi connectivity index (χ0n) is 8.48. The lowest BCUT2D eigenvalue weighted by molar-refractivity contribution is 1.12. The van der Waals surface area contributed by atoms with Crippen LogP contribution in [0.15, 0.2) is 12.1 Å². The summed E-state index contributed by atoms with van der Waals surface area (Å²) in [5.74, 6) is 0.463. The molecule has 3 aromatic rings. The highest BCUT2D eigenvalue weighted by molar-refractivity contribution is 7.23. The van der Waals surface area contributed by atoms with Crippen molar-refractivity contribution in [3.63, 3.8) is 0 Å². The van der Waals surface area contributed by atoms with E-state index in [9.17, 15) is 0 Å². The molecule has 0 aliphatic heterocycles. The van der Waals surface area contributed by atoms with Crippen molar-refractivity contribution in [2.75, 3.05) is 5.73 Å². The van der Waals surface area contributed by atoms with Crippen LogP contribution in [0.3, 0.4) is 0 Å². The molecular formula is C10H10N4S. The van der Waals surface area contributed by atoms with Crippen molar-refractivity contribution in [2.24, 2.45) is 0 Å². The standard InChI is InChI=1S/C10H10N4S/c1-5-3-4-7-8(6(5)2)14-9(11)12-13-10(14)15-7/h3-4H,1-2H3,(H2,11,12). The minimum Gasteiger partial charge on any atom is -0.368 e. The maximum absolute atomic E-state index is 5.80. The minimum absolute atomic E-state index is 0.463. The first kappa shape index (κ1) is 8.67. The molecule has 0 fully saturated rings. The van der Waals surface area contributed by atoms with Crippen LogP contribution in [0.1, 0.15) is 11.1 Å². The monoisotopic (exact) mass is 218 g/mol. The van der Waals surface area contributed by atoms with E-state index in [1.165, 1.54) is 15.8 Å². The largest absolute Gasteiger partial charge is 0.368 e. The normalized spacial score (nSPS) is 11.6. The summed E-state index contributed by atoms with van der Waals surface area (Å²) in [6, 6.07) is 4.23. The van der Waals surface area contributed by atoms with E-state index >= 15 is 0 Å². The molecule has 0 radical (unpaired) electrons. The Bertz CT molecular complexity index is 665. The molecule has 0 amide bonds. The minimum atomic E-state index is 0.463. The average molecular weight is 218 g/mol. The fraction of sp³-hybridized carbons (Fsp3) is 0.200. The number of nitrogens with zero attached hydrogens (tertiary/aromatic N) is 3. The van der Waals surface area contributed by atoms with Crippen LogP contribution in [-0.2, 0) is 0 Å². The smallest absolute Gasteiger partial charge is 0.227 e. The maximum Gasteiger partial charge on any atom is 0.227 e. The SMILES string of the molecule is Cc1ccc2sc3nnc(N)n3c2c1C. The molecule has 0 aliphatic rings. The molecule has 4 nitrogen and oxygen atoms in total. The van der Waals surface area contributed by atoms with Gasteiger partial charge in [-0.05, 0) is 31.0 Å². The van der Waals surface area contributed by atoms with Gasteiger partial charge in [-0.2, -0.15) is 0 Å². The highest BCUT2D eigenvalue weighted by atomic mass is 32.1. The van der Waals surface area contributed by atoms with Gasteiger partial charge >= 0.3 is 0 Å². The number of thiazole rings is 1. The zero-order valence-corrected chi connectivity index (χ0v) is 9.30. The predicted octanol–water partition coefficient (Wildman–Crippen LogP) is 2.14. The van der Waals surface area contributed by atoms with Gasteiger partial charge in [0.05, 0.1) is 10.2 Å². The van der Waals surface area contributed by atoms with Gasteiger partial charge in [0.15, 0.2) is 0 Å². The number of aromatic nitrogens is 3. The molecule has 2 heterocycles. The van der Waals surface area contributed by atoms with E-state index < -0.39 is 0 Å². The Kier molecular flexibility index (Phi) is 1.56. The molecule has 0 saturated heterocycles. The van der Waals surface area contributed by atoms with Gasteiger partial charge in [-0.25, -0.2) is 0 Å². The molecule has 2 N–H and O–H groups in total. The first-order chi connectivity index (χ1) is 7.18. The fourth-order valence-corrected chi connectivity index (χ4v) is 2.82. The number of nitrogens with two attached hydrogens (primary N) is 1. The molecule has 0 unspecified atom stereocenters. The Balaban J connectivity index is 2.65. The first-order valence-corrected chi connectivity index (χ1v) is 5.49. The van der Waals surface area contributed by atoms with Crippen molar-refractivity contribution in [3.05, 3.63) is 23.3 Å². The number of fused-ring (bicyclic) bond motifs is 3. The molecule has 0 saturated carbocycles. The van der Waals surface area contributed by atoms with Gasteiger partial charge in [0.1, 0.15) is 0 Å². The van der Waals surface area contributed by atoms with E-state index in [1.54, 1.807) is 11.3 Å². The molecule has 5 heteroatoms. The van der Waals surface area contributed by atoms with Crippen LogP contribution < -0.4 is 5.73 Å². The Morgan fingerprint density at radius 2 is 2.07 bits per heavy atom. The van der Waals surface area contributed by atoms with Crippen molar-refractivity contribution >= 4 is 32.5 Å². The van der Waals surface area contributed by atoms with Crippen LogP contribution in [0.5, 0.6) is 0 Å². The Morgan fingerprint density at radius 3 is 2.87 bits per heavy atom. The molecule has 2 aromatic heterocycles. The lowest BCUT2D eigenvalue weighted by Gasteiger charge is -2.01. The third kappa shape index (κ3) is 1.01. The number of benzene rings is 1. The van der Waals surface area contributed by atoms with Gasteiger partial charge in [0.25, 0.3) is 0 Å². The van der Waals surface area contributed by atoms with Crippen molar-refractivity contribution in [2.45, 2.75) is 13.8 Å². The van der Waals surface area contributed by atoms with Crippen molar-refractivity contribution in [1.82, 2.24) is 14.6 Å². The third-order valence-corrected chi connectivity index (χ3v) is 3.74. The molecule has 0 bridgehead atoms. The van der Waals surface area contributed by atoms with Crippen molar-refractivity contribution < 1.29 is 0 Å². The summed E-state index contributed by atoms with van der Waals surface area (Å²) in [5, 5.41) is 7.91. The van der Waals surface area contributed by atoms with Gasteiger partial charge in [0.2, 0.25) is 10.9 Å². The van der Waals surface area contributed by atoms with Gasteiger partial charge in [-0.15, -0.1) is 10.2 Å². The highest BCUT2D eigenvalue weighted by Gasteiger charge is 2.12. The van der Waals surface area contributed by atoms with Crippen LogP contribution in [0, 0.1) is 13.8 Å². The summed E-state index contributed by atoms with van der Waals surface area (Å²) in [5.41, 5.74) is 9.44. The summed E-state index contributed by atoms with van der Waals surface area (Å²) in [6.45, 7) is 4.20. The molecule has 3 rings (SSSR count). The fourth-order valence-electron chi connectivity index (χ4n) is 1.79. The van der Waals surface area contributed by atoms with Crippen LogP contribution >= 0.6 is 11.3 Å². The van der Waals surface area contributed by atoms with Gasteiger partial charge in [0, 0.05) is 0 Å². The summed E-state index contributed by atoms with van der Waals surface area (Å²) < 4.78 is 3.12. The van der Waals surface area contributed by atoms with E-state index in [0.29, 0.717) is 5.95 Å². The molecule has 0 spiro atoms. The lowest BCUT2D eigenvalue weighted by Crippen LogP contribution is -1.94. The summed E-state index contributed by atoms with van der Waals surface area (Å²) in [7, 11) is 0. The van der Waals surface area contributed by atoms with Gasteiger partial charge in [-0.3, -0.25) is 4.40 Å². The number of rotatable bonds is 0. The maximum atomic E-state index is 5.80. The van der Waals surface area contributed by atoms with Gasteiger partial charge < -0.3 is 5.73 Å². The summed E-state index contributed by atoms with van der Waals surface area (Å²) in [6.07, 6.45) is 0. The molecular weight excluding hydrogens is 208 g/mol. The van der Waals surface area contributed by atoms with E-state index in [-0.39, 0.29) is 0 Å². The Morgan fingerprint density at radius 1 is 1.27 bits per heavy atom. The highest BCUT2D eigenvalue weighted by Crippen LogP contribution is 2.30. The van der Waals surface area contributed by atoms with E-state index in [0.717, 1.165) is 10.5 Å². The van der Waals surface area contributed by atoms with Gasteiger partial charge in [-0.1, -0.05) is 17.4 Å². The second kappa shape index (κ2) is 2.70. The van der Waals surface area contributed by atoms with Crippen molar-refractivity contribution in [1.29, 1.82) is 0 Å². The van der Waals surface area contributed by atoms with E-state index in [4.69, 9.17) is 5.73 Å². The second-order valence-electron chi connectivity index (χ2n) is 3.63. The Labute approximate surface area is 90.3 Å². The average Bonchev–Trinajstić information content (AvgIpc) is 2.73. The number of aryl methyl sites for hydroxylation is 2. The van der Waals surface area contributed by atoms with Crippen LogP contribution in [0.4, 0.5) is 5.95 Å². The number of nitrogen functional groups attached to an aromatic ring is 1. The summed E-state index contributed by atoms with van der Waals surface area (Å²) >= 11 is 1.61. The second-order valence-corrected chi connectivity index (χ2v) is 4.64. The van der Waals surface area contributed by atoms with E-state index in [1.807, 2.05) is 4.40 Å². The lowest BCUT2D eigenvalue weighted by atomic mass is 10.1. The molecule has 0 aliphatic carbocycles. The quantitative estimate of drug-likeness (QED) is 0.629. The van der Waals surface area contributed by atoms with E-state index in [2.05, 4.69) is 36.2 Å². The summed E-state index contributed by atoms with van der Waals surface area (Å²) in [4.78, 5) is 0.858. The number of hydrogen-bond donors (Lipinski definition) is 1. The predicted molar refractivity (Wildman–Crippen MR) is 62.3 cm³/mol. The third-order valence-electron chi connectivity index (χ3n) is 2.75. The first-order valence-electron chi connectivity index (χ1n) is 4.68. The molecule has 76 valence electrons.